The molecule has 1 saturated heterocycles. The zero-order valence-electron chi connectivity index (χ0n) is 10.9. The van der Waals surface area contributed by atoms with Gasteiger partial charge in [0.25, 0.3) is 0 Å². The number of piperidine rings is 1. The third-order valence-corrected chi connectivity index (χ3v) is 3.27. The predicted octanol–water partition coefficient (Wildman–Crippen LogP) is 2.59. The molecule has 1 aliphatic rings. The van der Waals surface area contributed by atoms with E-state index >= 15 is 0 Å². The molecule has 1 aromatic heterocycles. The fourth-order valence-electron chi connectivity index (χ4n) is 2.13. The lowest BCUT2D eigenvalue weighted by molar-refractivity contribution is 0.142. The minimum atomic E-state index is -0.589. The van der Waals surface area contributed by atoms with Gasteiger partial charge < -0.3 is 9.64 Å². The first kappa shape index (κ1) is 13.3. The lowest BCUT2D eigenvalue weighted by atomic mass is 10.1. The highest BCUT2D eigenvalue weighted by Gasteiger charge is 2.17. The summed E-state index contributed by atoms with van der Waals surface area (Å²) in [6.07, 6.45) is 3.54. The smallest absolute Gasteiger partial charge is 0.213 e. The summed E-state index contributed by atoms with van der Waals surface area (Å²) >= 11 is 0. The molecule has 4 heteroatoms. The predicted molar refractivity (Wildman–Crippen MR) is 69.7 cm³/mol. The molecule has 0 aliphatic carbocycles. The molecule has 1 fully saturated rings. The first-order chi connectivity index (χ1) is 8.74. The fourth-order valence-corrected chi connectivity index (χ4v) is 2.13. The van der Waals surface area contributed by atoms with Crippen molar-refractivity contribution in [3.63, 3.8) is 0 Å². The lowest BCUT2D eigenvalue weighted by Crippen LogP contribution is -2.35. The number of ether oxygens (including phenoxy) is 1. The first-order valence-electron chi connectivity index (χ1n) is 6.66. The summed E-state index contributed by atoms with van der Waals surface area (Å²) in [7, 11) is 0. The van der Waals surface area contributed by atoms with Crippen molar-refractivity contribution < 1.29 is 9.13 Å². The Labute approximate surface area is 108 Å². The molecule has 2 heterocycles. The third kappa shape index (κ3) is 4.26. The monoisotopic (exact) mass is 252 g/mol. The number of alkyl halides is 1. The van der Waals surface area contributed by atoms with Gasteiger partial charge in [-0.15, -0.1) is 0 Å². The maximum absolute atomic E-state index is 12.9. The van der Waals surface area contributed by atoms with Gasteiger partial charge in [0.15, 0.2) is 0 Å². The summed E-state index contributed by atoms with van der Waals surface area (Å²) in [5, 5.41) is 0. The summed E-state index contributed by atoms with van der Waals surface area (Å²) in [6.45, 7) is 5.42. The fraction of sp³-hybridized carbons (Fsp3) is 0.643. The van der Waals surface area contributed by atoms with E-state index in [1.165, 1.54) is 0 Å². The molecule has 1 aliphatic heterocycles. The van der Waals surface area contributed by atoms with Crippen molar-refractivity contribution in [1.29, 1.82) is 0 Å². The van der Waals surface area contributed by atoms with E-state index in [0.29, 0.717) is 25.3 Å². The van der Waals surface area contributed by atoms with Crippen LogP contribution < -0.4 is 4.74 Å². The van der Waals surface area contributed by atoms with Gasteiger partial charge in [-0.2, -0.15) is 0 Å². The van der Waals surface area contributed by atoms with Crippen LogP contribution in [0.3, 0.4) is 0 Å². The van der Waals surface area contributed by atoms with Gasteiger partial charge >= 0.3 is 0 Å². The second-order valence-electron chi connectivity index (χ2n) is 4.89. The number of hydrogen-bond donors (Lipinski definition) is 0. The molecule has 0 atom stereocenters. The Morgan fingerprint density at radius 3 is 2.83 bits per heavy atom. The number of pyridine rings is 1. The van der Waals surface area contributed by atoms with Crippen LogP contribution in [0.4, 0.5) is 4.39 Å². The van der Waals surface area contributed by atoms with Crippen molar-refractivity contribution in [3.8, 4) is 5.88 Å². The lowest BCUT2D eigenvalue weighted by Gasteiger charge is -2.28. The van der Waals surface area contributed by atoms with Crippen LogP contribution in [0.1, 0.15) is 24.8 Å². The number of likely N-dealkylation sites (tertiary alicyclic amines) is 1. The van der Waals surface area contributed by atoms with Crippen molar-refractivity contribution in [1.82, 2.24) is 9.88 Å². The topological polar surface area (TPSA) is 25.4 Å². The van der Waals surface area contributed by atoms with E-state index in [1.54, 1.807) is 6.20 Å². The van der Waals surface area contributed by atoms with E-state index in [1.807, 2.05) is 19.1 Å². The molecular weight excluding hydrogens is 231 g/mol. The zero-order valence-corrected chi connectivity index (χ0v) is 10.9. The van der Waals surface area contributed by atoms with Gasteiger partial charge in [-0.1, -0.05) is 6.07 Å². The van der Waals surface area contributed by atoms with Gasteiger partial charge in [-0.25, -0.2) is 9.37 Å². The van der Waals surface area contributed by atoms with Gasteiger partial charge in [0.05, 0.1) is 6.61 Å². The van der Waals surface area contributed by atoms with Gasteiger partial charge in [0.2, 0.25) is 5.88 Å². The van der Waals surface area contributed by atoms with Crippen molar-refractivity contribution in [2.24, 2.45) is 0 Å². The molecule has 0 saturated carbocycles. The molecule has 0 N–H and O–H groups in total. The highest BCUT2D eigenvalue weighted by molar-refractivity contribution is 5.16. The summed E-state index contributed by atoms with van der Waals surface area (Å²) in [5.41, 5.74) is 1.14. The summed E-state index contributed by atoms with van der Waals surface area (Å²) in [5.74, 6) is 0.683. The van der Waals surface area contributed by atoms with E-state index < -0.39 is 6.17 Å². The average molecular weight is 252 g/mol. The molecular formula is C14H21FN2O. The number of halogens is 1. The Morgan fingerprint density at radius 1 is 1.39 bits per heavy atom. The van der Waals surface area contributed by atoms with Gasteiger partial charge in [0.1, 0.15) is 6.17 Å². The average Bonchev–Trinajstić information content (AvgIpc) is 2.39. The molecule has 2 rings (SSSR count). The van der Waals surface area contributed by atoms with Crippen LogP contribution in [0, 0.1) is 6.92 Å². The number of aromatic nitrogens is 1. The molecule has 0 amide bonds. The van der Waals surface area contributed by atoms with E-state index in [0.717, 1.165) is 31.6 Å². The summed E-state index contributed by atoms with van der Waals surface area (Å²) < 4.78 is 18.5. The maximum Gasteiger partial charge on any atom is 0.213 e. The minimum Gasteiger partial charge on any atom is -0.478 e. The largest absolute Gasteiger partial charge is 0.478 e. The van der Waals surface area contributed by atoms with Crippen LogP contribution in [0.2, 0.25) is 0 Å². The quantitative estimate of drug-likeness (QED) is 0.753. The second kappa shape index (κ2) is 6.69. The van der Waals surface area contributed by atoms with E-state index in [2.05, 4.69) is 9.88 Å². The third-order valence-electron chi connectivity index (χ3n) is 3.27. The Hall–Kier alpha value is -1.16. The molecule has 100 valence electrons. The molecule has 0 radical (unpaired) electrons. The summed E-state index contributed by atoms with van der Waals surface area (Å²) in [6, 6.07) is 3.89. The minimum absolute atomic E-state index is 0.589. The SMILES string of the molecule is Cc1ccc(OCCCN2CCC(F)CC2)nc1. The van der Waals surface area contributed by atoms with Crippen LogP contribution in [0.15, 0.2) is 18.3 Å². The number of hydrogen-bond acceptors (Lipinski definition) is 3. The normalized spacial score (nSPS) is 17.9. The number of aryl methyl sites for hydroxylation is 1. The standard InChI is InChI=1S/C14H21FN2O/c1-12-3-4-14(16-11-12)18-10-2-7-17-8-5-13(15)6-9-17/h3-4,11,13H,2,5-10H2,1H3. The second-order valence-corrected chi connectivity index (χ2v) is 4.89. The highest BCUT2D eigenvalue weighted by atomic mass is 19.1. The molecule has 0 spiro atoms. The Morgan fingerprint density at radius 2 is 2.17 bits per heavy atom. The van der Waals surface area contributed by atoms with E-state index in [4.69, 9.17) is 4.74 Å². The van der Waals surface area contributed by atoms with Crippen LogP contribution in [0.5, 0.6) is 5.88 Å². The molecule has 18 heavy (non-hydrogen) atoms. The molecule has 0 aromatic carbocycles. The van der Waals surface area contributed by atoms with E-state index in [9.17, 15) is 4.39 Å². The molecule has 3 nitrogen and oxygen atoms in total. The summed E-state index contributed by atoms with van der Waals surface area (Å²) in [4.78, 5) is 6.49. The van der Waals surface area contributed by atoms with Gasteiger partial charge in [-0.05, 0) is 31.7 Å². The van der Waals surface area contributed by atoms with Crippen molar-refractivity contribution in [2.75, 3.05) is 26.2 Å². The Kier molecular flexibility index (Phi) is 4.93. The van der Waals surface area contributed by atoms with Gasteiger partial charge in [0, 0.05) is 31.9 Å². The Bertz CT molecular complexity index is 347. The van der Waals surface area contributed by atoms with Crippen molar-refractivity contribution in [3.05, 3.63) is 23.9 Å². The van der Waals surface area contributed by atoms with Crippen molar-refractivity contribution >= 4 is 0 Å². The van der Waals surface area contributed by atoms with Crippen LogP contribution in [-0.2, 0) is 0 Å². The number of nitrogens with zero attached hydrogens (tertiary/aromatic N) is 2. The highest BCUT2D eigenvalue weighted by Crippen LogP contribution is 2.13. The van der Waals surface area contributed by atoms with Crippen LogP contribution in [-0.4, -0.2) is 42.3 Å². The maximum atomic E-state index is 12.9. The van der Waals surface area contributed by atoms with Crippen LogP contribution in [0.25, 0.3) is 0 Å². The van der Waals surface area contributed by atoms with E-state index in [-0.39, 0.29) is 0 Å². The zero-order chi connectivity index (χ0) is 12.8. The van der Waals surface area contributed by atoms with Crippen molar-refractivity contribution in [2.45, 2.75) is 32.4 Å². The van der Waals surface area contributed by atoms with Crippen LogP contribution >= 0.6 is 0 Å². The molecule has 0 bridgehead atoms. The first-order valence-corrected chi connectivity index (χ1v) is 6.66. The van der Waals surface area contributed by atoms with Gasteiger partial charge in [-0.3, -0.25) is 0 Å². The molecule has 1 aromatic rings. The number of rotatable bonds is 5. The Balaban J connectivity index is 1.60. The molecule has 0 unspecified atom stereocenters.